The second-order valence-corrected chi connectivity index (χ2v) is 7.49. The molecule has 2 aliphatic heterocycles. The van der Waals surface area contributed by atoms with Crippen LogP contribution in [-0.4, -0.2) is 29.5 Å². The van der Waals surface area contributed by atoms with E-state index in [0.717, 1.165) is 12.2 Å². The highest BCUT2D eigenvalue weighted by molar-refractivity contribution is 7.80. The molecule has 2 bridgehead atoms. The standard InChI is InChI=1S/C20H23NOS/c1-13(23)22-18-8-9-20-14(12-18)4-3-5-19(20)15-10-16-6-7-17(11-15)21(16)2/h3-5,8-10,12-13,16-17,23H,6-7,11H2,1-2H3. The molecule has 120 valence electrons. The number of fused-ring (bicyclic) bond motifs is 3. The number of hydrogen-bond donors (Lipinski definition) is 1. The van der Waals surface area contributed by atoms with Gasteiger partial charge in [0.15, 0.2) is 0 Å². The SMILES string of the molecule is CC(S)Oc1ccc2c(C3=CC4CCC(C3)N4C)cccc2c1. The summed E-state index contributed by atoms with van der Waals surface area (Å²) in [7, 11) is 2.26. The second-order valence-electron chi connectivity index (χ2n) is 6.77. The van der Waals surface area contributed by atoms with Gasteiger partial charge in [-0.1, -0.05) is 30.3 Å². The first-order chi connectivity index (χ1) is 11.1. The summed E-state index contributed by atoms with van der Waals surface area (Å²) in [5, 5.41) is 2.56. The lowest BCUT2D eigenvalue weighted by Gasteiger charge is -2.30. The van der Waals surface area contributed by atoms with Crippen LogP contribution in [0.15, 0.2) is 42.5 Å². The zero-order chi connectivity index (χ0) is 16.0. The second kappa shape index (κ2) is 5.88. The monoisotopic (exact) mass is 325 g/mol. The third kappa shape index (κ3) is 2.77. The summed E-state index contributed by atoms with van der Waals surface area (Å²) in [6.07, 6.45) is 6.27. The normalized spacial score (nSPS) is 25.4. The van der Waals surface area contributed by atoms with Crippen molar-refractivity contribution >= 4 is 29.0 Å². The molecule has 0 amide bonds. The number of nitrogens with zero attached hydrogens (tertiary/aromatic N) is 1. The lowest BCUT2D eigenvalue weighted by atomic mass is 9.91. The van der Waals surface area contributed by atoms with Gasteiger partial charge in [-0.3, -0.25) is 4.90 Å². The Kier molecular flexibility index (Phi) is 3.86. The van der Waals surface area contributed by atoms with E-state index in [4.69, 9.17) is 4.74 Å². The van der Waals surface area contributed by atoms with E-state index in [1.54, 1.807) is 0 Å². The summed E-state index contributed by atoms with van der Waals surface area (Å²) < 4.78 is 5.71. The molecule has 0 N–H and O–H groups in total. The van der Waals surface area contributed by atoms with Gasteiger partial charge in [0.25, 0.3) is 0 Å². The van der Waals surface area contributed by atoms with Crippen LogP contribution in [0.5, 0.6) is 5.75 Å². The average molecular weight is 325 g/mol. The smallest absolute Gasteiger partial charge is 0.138 e. The van der Waals surface area contributed by atoms with E-state index in [2.05, 4.69) is 67.1 Å². The molecule has 2 aliphatic rings. The molecule has 0 aliphatic carbocycles. The van der Waals surface area contributed by atoms with Gasteiger partial charge >= 0.3 is 0 Å². The molecule has 4 rings (SSSR count). The molecular formula is C20H23NOS. The van der Waals surface area contributed by atoms with Gasteiger partial charge in [-0.05, 0) is 67.3 Å². The van der Waals surface area contributed by atoms with Gasteiger partial charge in [0.2, 0.25) is 0 Å². The number of thiol groups is 1. The van der Waals surface area contributed by atoms with Crippen LogP contribution in [0.2, 0.25) is 0 Å². The fourth-order valence-electron chi connectivity index (χ4n) is 4.05. The Hall–Kier alpha value is -1.45. The highest BCUT2D eigenvalue weighted by atomic mass is 32.1. The highest BCUT2D eigenvalue weighted by Crippen LogP contribution is 2.39. The zero-order valence-electron chi connectivity index (χ0n) is 13.7. The minimum absolute atomic E-state index is 0.0946. The minimum atomic E-state index is -0.0946. The van der Waals surface area contributed by atoms with Crippen LogP contribution < -0.4 is 4.74 Å². The maximum absolute atomic E-state index is 5.71. The summed E-state index contributed by atoms with van der Waals surface area (Å²) in [4.78, 5) is 2.54. The first-order valence-electron chi connectivity index (χ1n) is 8.42. The van der Waals surface area contributed by atoms with Crippen molar-refractivity contribution in [3.05, 3.63) is 48.0 Å². The molecule has 0 spiro atoms. The highest BCUT2D eigenvalue weighted by Gasteiger charge is 2.34. The van der Waals surface area contributed by atoms with Crippen molar-refractivity contribution in [1.29, 1.82) is 0 Å². The Balaban J connectivity index is 1.75. The Labute approximate surface area is 143 Å². The first kappa shape index (κ1) is 15.1. The predicted molar refractivity (Wildman–Crippen MR) is 100 cm³/mol. The van der Waals surface area contributed by atoms with E-state index >= 15 is 0 Å². The quantitative estimate of drug-likeness (QED) is 0.646. The van der Waals surface area contributed by atoms with Crippen LogP contribution in [0.1, 0.15) is 31.7 Å². The van der Waals surface area contributed by atoms with Crippen molar-refractivity contribution in [2.24, 2.45) is 0 Å². The molecule has 0 radical (unpaired) electrons. The fraction of sp³-hybridized carbons (Fsp3) is 0.400. The molecule has 23 heavy (non-hydrogen) atoms. The maximum atomic E-state index is 5.71. The van der Waals surface area contributed by atoms with Crippen molar-refractivity contribution in [1.82, 2.24) is 4.90 Å². The fourth-order valence-corrected chi connectivity index (χ4v) is 4.18. The molecule has 2 heterocycles. The van der Waals surface area contributed by atoms with Gasteiger partial charge in [-0.15, -0.1) is 12.6 Å². The third-order valence-electron chi connectivity index (χ3n) is 5.25. The van der Waals surface area contributed by atoms with Crippen LogP contribution >= 0.6 is 12.6 Å². The summed E-state index contributed by atoms with van der Waals surface area (Å²) in [6.45, 7) is 1.93. The van der Waals surface area contributed by atoms with E-state index in [-0.39, 0.29) is 5.44 Å². The number of rotatable bonds is 3. The molecule has 0 aromatic heterocycles. The molecule has 3 unspecified atom stereocenters. The van der Waals surface area contributed by atoms with Crippen molar-refractivity contribution in [3.8, 4) is 5.75 Å². The van der Waals surface area contributed by atoms with Gasteiger partial charge in [-0.2, -0.15) is 0 Å². The average Bonchev–Trinajstić information content (AvgIpc) is 2.74. The molecule has 1 saturated heterocycles. The number of ether oxygens (including phenoxy) is 1. The van der Waals surface area contributed by atoms with Gasteiger partial charge in [0, 0.05) is 12.1 Å². The molecule has 1 fully saturated rings. The molecule has 0 saturated carbocycles. The molecule has 2 nitrogen and oxygen atoms in total. The topological polar surface area (TPSA) is 12.5 Å². The van der Waals surface area contributed by atoms with Gasteiger partial charge in [-0.25, -0.2) is 0 Å². The number of benzene rings is 2. The lowest BCUT2D eigenvalue weighted by Crippen LogP contribution is -2.34. The Morgan fingerprint density at radius 2 is 2.09 bits per heavy atom. The van der Waals surface area contributed by atoms with E-state index < -0.39 is 0 Å². The Morgan fingerprint density at radius 1 is 1.22 bits per heavy atom. The van der Waals surface area contributed by atoms with E-state index in [0.29, 0.717) is 12.1 Å². The Morgan fingerprint density at radius 3 is 2.87 bits per heavy atom. The maximum Gasteiger partial charge on any atom is 0.138 e. The van der Waals surface area contributed by atoms with Crippen LogP contribution in [0.25, 0.3) is 16.3 Å². The molecule has 2 aromatic carbocycles. The van der Waals surface area contributed by atoms with Crippen LogP contribution in [0, 0.1) is 0 Å². The summed E-state index contributed by atoms with van der Waals surface area (Å²) >= 11 is 4.31. The van der Waals surface area contributed by atoms with Crippen molar-refractivity contribution < 1.29 is 4.74 Å². The van der Waals surface area contributed by atoms with Crippen LogP contribution in [0.3, 0.4) is 0 Å². The van der Waals surface area contributed by atoms with E-state index in [1.165, 1.54) is 34.8 Å². The van der Waals surface area contributed by atoms with Crippen LogP contribution in [0.4, 0.5) is 0 Å². The van der Waals surface area contributed by atoms with Gasteiger partial charge in [0.1, 0.15) is 11.2 Å². The summed E-state index contributed by atoms with van der Waals surface area (Å²) in [5.74, 6) is 0.884. The number of hydrogen-bond acceptors (Lipinski definition) is 3. The van der Waals surface area contributed by atoms with Gasteiger partial charge < -0.3 is 4.74 Å². The summed E-state index contributed by atoms with van der Waals surface area (Å²) in [5.41, 5.74) is 2.80. The largest absolute Gasteiger partial charge is 0.480 e. The van der Waals surface area contributed by atoms with E-state index in [9.17, 15) is 0 Å². The Bertz CT molecular complexity index is 767. The molecule has 3 atom stereocenters. The van der Waals surface area contributed by atoms with E-state index in [1.807, 2.05) is 6.92 Å². The minimum Gasteiger partial charge on any atom is -0.480 e. The van der Waals surface area contributed by atoms with Crippen molar-refractivity contribution in [2.45, 2.75) is 43.7 Å². The predicted octanol–water partition coefficient (Wildman–Crippen LogP) is 4.74. The lowest BCUT2D eigenvalue weighted by molar-refractivity contribution is 0.264. The first-order valence-corrected chi connectivity index (χ1v) is 8.94. The van der Waals surface area contributed by atoms with Crippen molar-refractivity contribution in [2.75, 3.05) is 7.05 Å². The number of likely N-dealkylation sites (N-methyl/N-ethyl adjacent to an activating group) is 1. The van der Waals surface area contributed by atoms with Crippen LogP contribution in [-0.2, 0) is 0 Å². The van der Waals surface area contributed by atoms with Gasteiger partial charge in [0.05, 0.1) is 0 Å². The molecule has 2 aromatic rings. The molecular weight excluding hydrogens is 302 g/mol. The van der Waals surface area contributed by atoms with Crippen molar-refractivity contribution in [3.63, 3.8) is 0 Å². The molecule has 3 heteroatoms. The zero-order valence-corrected chi connectivity index (χ0v) is 14.6. The summed E-state index contributed by atoms with van der Waals surface area (Å²) in [6, 6.07) is 14.3. The third-order valence-corrected chi connectivity index (χ3v) is 5.35.